The first-order valence-corrected chi connectivity index (χ1v) is 16.3. The van der Waals surface area contributed by atoms with Crippen LogP contribution in [0.3, 0.4) is 0 Å². The number of benzene rings is 2. The van der Waals surface area contributed by atoms with Crippen LogP contribution in [-0.4, -0.2) is 104 Å². The Labute approximate surface area is 276 Å². The highest BCUT2D eigenvalue weighted by Gasteiger charge is 2.49. The molecule has 4 atom stereocenters. The number of carbonyl (C=O) groups is 1. The number of alkyl halides is 1. The van der Waals surface area contributed by atoms with Gasteiger partial charge in [0.2, 0.25) is 5.91 Å². The summed E-state index contributed by atoms with van der Waals surface area (Å²) in [6.45, 7) is 5.63. The highest BCUT2D eigenvalue weighted by Crippen LogP contribution is 2.41. The van der Waals surface area contributed by atoms with Crippen molar-refractivity contribution in [1.82, 2.24) is 24.8 Å². The molecule has 3 aliphatic rings. The fourth-order valence-corrected chi connectivity index (χ4v) is 7.77. The number of pyridine rings is 1. The zero-order valence-corrected chi connectivity index (χ0v) is 26.8. The Kier molecular flexibility index (Phi) is 8.40. The molecular formula is C35H36ClF2N6O3+. The van der Waals surface area contributed by atoms with Crippen LogP contribution in [0, 0.1) is 11.7 Å². The second-order valence-electron chi connectivity index (χ2n) is 12.8. The number of halogens is 3. The van der Waals surface area contributed by atoms with Gasteiger partial charge in [-0.1, -0.05) is 48.5 Å². The summed E-state index contributed by atoms with van der Waals surface area (Å²) in [5.74, 6) is -0.986. The lowest BCUT2D eigenvalue weighted by molar-refractivity contribution is -0.405. The third kappa shape index (κ3) is 5.74. The molecule has 9 nitrogen and oxygen atoms in total. The zero-order chi connectivity index (χ0) is 32.9. The summed E-state index contributed by atoms with van der Waals surface area (Å²) in [6.07, 6.45) is 5.44. The van der Waals surface area contributed by atoms with Crippen molar-refractivity contribution in [1.29, 1.82) is 0 Å². The van der Waals surface area contributed by atoms with Gasteiger partial charge in [0.1, 0.15) is 29.4 Å². The summed E-state index contributed by atoms with van der Waals surface area (Å²) < 4.78 is 39.1. The Morgan fingerprint density at radius 3 is 2.85 bits per heavy atom. The van der Waals surface area contributed by atoms with Crippen LogP contribution in [0.15, 0.2) is 55.3 Å². The number of carbonyl (C=O) groups excluding carboxylic acids is 1. The van der Waals surface area contributed by atoms with E-state index < -0.39 is 29.5 Å². The molecule has 244 valence electrons. The minimum Gasteiger partial charge on any atom is -0.443 e. The van der Waals surface area contributed by atoms with Crippen LogP contribution in [0.1, 0.15) is 25.7 Å². The van der Waals surface area contributed by atoms with E-state index in [4.69, 9.17) is 21.3 Å². The molecule has 0 aliphatic carbocycles. The van der Waals surface area contributed by atoms with Crippen LogP contribution in [0.5, 0.6) is 6.01 Å². The van der Waals surface area contributed by atoms with Crippen molar-refractivity contribution in [3.8, 4) is 17.3 Å². The van der Waals surface area contributed by atoms with Crippen molar-refractivity contribution in [2.75, 3.05) is 39.8 Å². The van der Waals surface area contributed by atoms with Crippen LogP contribution in [-0.2, 0) is 4.79 Å². The molecule has 4 aromatic rings. The topological polar surface area (TPSA) is 94.7 Å². The number of aromatic nitrogens is 3. The number of hydrogen-bond acceptors (Lipinski definition) is 7. The molecule has 7 rings (SSSR count). The van der Waals surface area contributed by atoms with E-state index in [1.807, 2.05) is 24.3 Å². The van der Waals surface area contributed by atoms with Gasteiger partial charge in [-0.15, -0.1) is 0 Å². The Morgan fingerprint density at radius 2 is 2.04 bits per heavy atom. The number of aliphatic hydroxyl groups excluding tert-OH is 1. The number of amides is 1. The molecule has 2 aromatic heterocycles. The zero-order valence-electron chi connectivity index (χ0n) is 26.1. The van der Waals surface area contributed by atoms with Crippen LogP contribution >= 0.6 is 11.6 Å². The van der Waals surface area contributed by atoms with Crippen LogP contribution in [0.2, 0.25) is 5.02 Å². The summed E-state index contributed by atoms with van der Waals surface area (Å²) in [7, 11) is 1.74. The van der Waals surface area contributed by atoms with Crippen LogP contribution < -0.4 is 4.74 Å². The fraction of sp³-hybridized carbons (Fsp3) is 0.400. The Bertz CT molecular complexity index is 1920. The highest BCUT2D eigenvalue weighted by atomic mass is 35.5. The smallest absolute Gasteiger partial charge is 0.434 e. The predicted molar refractivity (Wildman–Crippen MR) is 177 cm³/mol. The maximum atomic E-state index is 16.7. The second-order valence-corrected chi connectivity index (χ2v) is 13.2. The van der Waals surface area contributed by atoms with Gasteiger partial charge in [-0.25, -0.2) is 13.4 Å². The van der Waals surface area contributed by atoms with E-state index in [9.17, 15) is 14.3 Å². The van der Waals surface area contributed by atoms with E-state index in [0.717, 1.165) is 24.8 Å². The van der Waals surface area contributed by atoms with E-state index in [-0.39, 0.29) is 36.3 Å². The number of aliphatic hydroxyl groups is 1. The molecule has 5 heterocycles. The van der Waals surface area contributed by atoms with Crippen molar-refractivity contribution >= 4 is 51.2 Å². The van der Waals surface area contributed by atoms with Gasteiger partial charge in [0.05, 0.1) is 30.8 Å². The van der Waals surface area contributed by atoms with Crippen molar-refractivity contribution in [2.24, 2.45) is 5.92 Å². The van der Waals surface area contributed by atoms with Gasteiger partial charge in [-0.2, -0.15) is 4.98 Å². The lowest BCUT2D eigenvalue weighted by atomic mass is 9.95. The second kappa shape index (κ2) is 12.5. The van der Waals surface area contributed by atoms with Gasteiger partial charge in [0.25, 0.3) is 0 Å². The maximum absolute atomic E-state index is 16.7. The first-order valence-electron chi connectivity index (χ1n) is 15.9. The van der Waals surface area contributed by atoms with Crippen molar-refractivity contribution < 1.29 is 28.0 Å². The van der Waals surface area contributed by atoms with E-state index >= 15 is 4.39 Å². The third-order valence-corrected chi connectivity index (χ3v) is 10.2. The lowest BCUT2D eigenvalue weighted by Crippen LogP contribution is -2.46. The van der Waals surface area contributed by atoms with Gasteiger partial charge in [-0.3, -0.25) is 14.7 Å². The van der Waals surface area contributed by atoms with Crippen molar-refractivity contribution in [2.45, 2.75) is 43.5 Å². The standard InChI is InChI=1S/C35H36ClF2N6O3/c1-3-28(46)43-14-11-27(45)22(18-43)17-42(2)33-25-16-39-31(24-9-4-7-21-8-5-10-26(36)29(21)24)30(38)32(25)40-34(41-33)47-20-35-12-6-13-44(35)19-23(37)15-35/h3-5,7-10,16-17,22-23,27,45H,1,6,11-15,18-20H2,2H3/q+1/t22?,23-,27+,35+/m1/s1. The summed E-state index contributed by atoms with van der Waals surface area (Å²) in [4.78, 5) is 29.9. The number of piperidine rings is 1. The van der Waals surface area contributed by atoms with E-state index in [1.165, 1.54) is 12.3 Å². The summed E-state index contributed by atoms with van der Waals surface area (Å²) in [5.41, 5.74) is 0.150. The molecule has 3 fully saturated rings. The Morgan fingerprint density at radius 1 is 1.23 bits per heavy atom. The molecule has 0 radical (unpaired) electrons. The average molecular weight is 662 g/mol. The van der Waals surface area contributed by atoms with Crippen LogP contribution in [0.25, 0.3) is 32.9 Å². The average Bonchev–Trinajstić information content (AvgIpc) is 3.60. The minimum absolute atomic E-state index is 0.00234. The first kappa shape index (κ1) is 31.5. The molecule has 0 saturated carbocycles. The molecule has 47 heavy (non-hydrogen) atoms. The highest BCUT2D eigenvalue weighted by molar-refractivity contribution is 6.36. The number of ether oxygens (including phenoxy) is 1. The monoisotopic (exact) mass is 661 g/mol. The predicted octanol–water partition coefficient (Wildman–Crippen LogP) is 5.33. The number of likely N-dealkylation sites (tertiary alicyclic amines) is 1. The Balaban J connectivity index is 1.33. The van der Waals surface area contributed by atoms with Crippen molar-refractivity contribution in [3.63, 3.8) is 0 Å². The Hall–Kier alpha value is -4.06. The summed E-state index contributed by atoms with van der Waals surface area (Å²) in [6, 6.07) is 10.9. The molecule has 3 saturated heterocycles. The summed E-state index contributed by atoms with van der Waals surface area (Å²) in [5, 5.41) is 13.2. The molecule has 1 N–H and O–H groups in total. The molecule has 1 unspecified atom stereocenters. The lowest BCUT2D eigenvalue weighted by Gasteiger charge is -2.33. The van der Waals surface area contributed by atoms with E-state index in [1.54, 1.807) is 34.9 Å². The molecule has 1 amide bonds. The van der Waals surface area contributed by atoms with E-state index in [2.05, 4.69) is 21.4 Å². The number of nitrogens with zero attached hydrogens (tertiary/aromatic N) is 6. The molecule has 2 aromatic carbocycles. The number of fused-ring (bicyclic) bond motifs is 3. The van der Waals surface area contributed by atoms with Crippen molar-refractivity contribution in [3.05, 3.63) is 66.1 Å². The quantitative estimate of drug-likeness (QED) is 0.163. The molecule has 0 bridgehead atoms. The largest absolute Gasteiger partial charge is 0.443 e. The first-order chi connectivity index (χ1) is 22.7. The molecular weight excluding hydrogens is 626 g/mol. The molecule has 0 spiro atoms. The van der Waals surface area contributed by atoms with Gasteiger partial charge in [0, 0.05) is 53.2 Å². The van der Waals surface area contributed by atoms with Gasteiger partial charge >= 0.3 is 11.8 Å². The van der Waals surface area contributed by atoms with Gasteiger partial charge in [-0.05, 0) is 43.3 Å². The molecule has 3 aliphatic heterocycles. The van der Waals surface area contributed by atoms with Gasteiger partial charge < -0.3 is 14.7 Å². The maximum Gasteiger partial charge on any atom is 0.434 e. The summed E-state index contributed by atoms with van der Waals surface area (Å²) >= 11 is 6.59. The van der Waals surface area contributed by atoms with Gasteiger partial charge in [0.15, 0.2) is 5.82 Å². The number of rotatable bonds is 7. The number of hydrogen-bond donors (Lipinski definition) is 1. The SMILES string of the molecule is C=CC(=O)N1CC[C@H](O)C(C=[N+](C)c2nc(OC[C@@]34CCCN3C[C@H](F)C4)nc3c(F)c(-c4cccc5cccc(Cl)c45)ncc23)C1. The third-order valence-electron chi connectivity index (χ3n) is 9.84. The van der Waals surface area contributed by atoms with E-state index in [0.29, 0.717) is 53.1 Å². The normalized spacial score (nSPS) is 25.0. The molecule has 12 heteroatoms. The minimum atomic E-state index is -0.930. The fourth-order valence-electron chi connectivity index (χ4n) is 7.49. The van der Waals surface area contributed by atoms with Crippen LogP contribution in [0.4, 0.5) is 14.6 Å².